The summed E-state index contributed by atoms with van der Waals surface area (Å²) in [6, 6.07) is 7.15. The Morgan fingerprint density at radius 1 is 1.06 bits per heavy atom. The predicted octanol–water partition coefficient (Wildman–Crippen LogP) is 2.82. The highest BCUT2D eigenvalue weighted by molar-refractivity contribution is 7.92. The summed E-state index contributed by atoms with van der Waals surface area (Å²) < 4.78 is 23.3. The highest BCUT2D eigenvalue weighted by Gasteiger charge is 2.21. The van der Waals surface area contributed by atoms with Gasteiger partial charge >= 0.3 is 0 Å². The molecule has 0 aliphatic carbocycles. The first-order chi connectivity index (χ1) is 8.24. The zero-order chi connectivity index (χ0) is 13.9. The van der Waals surface area contributed by atoms with Crippen LogP contribution in [-0.2, 0) is 9.84 Å². The molecule has 1 aromatic rings. The van der Waals surface area contributed by atoms with Crippen LogP contribution in [0.5, 0.6) is 0 Å². The molecule has 0 atom stereocenters. The molecule has 0 aliphatic heterocycles. The monoisotopic (exact) mass is 268 g/mol. The van der Waals surface area contributed by atoms with E-state index in [9.17, 15) is 13.2 Å². The van der Waals surface area contributed by atoms with Crippen LogP contribution in [0.15, 0.2) is 24.3 Å². The second-order valence-electron chi connectivity index (χ2n) is 5.06. The molecular weight excluding hydrogens is 248 g/mol. The van der Waals surface area contributed by atoms with Gasteiger partial charge in [-0.2, -0.15) is 0 Å². The van der Waals surface area contributed by atoms with Gasteiger partial charge in [-0.3, -0.25) is 4.79 Å². The Hall–Kier alpha value is -1.16. The fourth-order valence-electron chi connectivity index (χ4n) is 1.49. The Morgan fingerprint density at radius 2 is 1.56 bits per heavy atom. The van der Waals surface area contributed by atoms with Crippen molar-refractivity contribution in [2.75, 3.05) is 5.75 Å². The van der Waals surface area contributed by atoms with Gasteiger partial charge in [0.1, 0.15) is 5.75 Å². The maximum Gasteiger partial charge on any atom is 0.177 e. The minimum atomic E-state index is -3.32. The third-order valence-corrected chi connectivity index (χ3v) is 5.05. The van der Waals surface area contributed by atoms with Crippen LogP contribution in [-0.4, -0.2) is 25.2 Å². The largest absolute Gasteiger partial charge is 0.293 e. The molecule has 4 heteroatoms. The van der Waals surface area contributed by atoms with E-state index in [1.165, 1.54) is 0 Å². The highest BCUT2D eigenvalue weighted by atomic mass is 32.2. The van der Waals surface area contributed by atoms with E-state index in [0.29, 0.717) is 11.5 Å². The number of hydrogen-bond acceptors (Lipinski definition) is 3. The van der Waals surface area contributed by atoms with Gasteiger partial charge in [0, 0.05) is 5.56 Å². The highest BCUT2D eigenvalue weighted by Crippen LogP contribution is 2.15. The van der Waals surface area contributed by atoms with Crippen LogP contribution in [0.3, 0.4) is 0 Å². The number of ketones is 1. The van der Waals surface area contributed by atoms with E-state index >= 15 is 0 Å². The van der Waals surface area contributed by atoms with Gasteiger partial charge in [0.15, 0.2) is 15.6 Å². The average Bonchev–Trinajstić information content (AvgIpc) is 2.28. The second kappa shape index (κ2) is 5.65. The van der Waals surface area contributed by atoms with Gasteiger partial charge in [-0.1, -0.05) is 38.1 Å². The Morgan fingerprint density at radius 3 is 1.94 bits per heavy atom. The lowest BCUT2D eigenvalue weighted by Gasteiger charge is -2.08. The summed E-state index contributed by atoms with van der Waals surface area (Å²) in [6.07, 6.45) is 0. The number of rotatable bonds is 5. The first-order valence-electron chi connectivity index (χ1n) is 6.08. The summed E-state index contributed by atoms with van der Waals surface area (Å²) in [5.41, 5.74) is 1.60. The van der Waals surface area contributed by atoms with Crippen molar-refractivity contribution in [2.24, 2.45) is 0 Å². The first-order valence-corrected chi connectivity index (χ1v) is 7.80. The summed E-state index contributed by atoms with van der Waals surface area (Å²) >= 11 is 0. The minimum absolute atomic E-state index is 0.334. The second-order valence-corrected chi connectivity index (χ2v) is 7.61. The quantitative estimate of drug-likeness (QED) is 0.772. The zero-order valence-corrected chi connectivity index (χ0v) is 12.1. The van der Waals surface area contributed by atoms with E-state index in [4.69, 9.17) is 0 Å². The van der Waals surface area contributed by atoms with Crippen molar-refractivity contribution in [2.45, 2.75) is 38.9 Å². The van der Waals surface area contributed by atoms with Crippen molar-refractivity contribution in [1.82, 2.24) is 0 Å². The summed E-state index contributed by atoms with van der Waals surface area (Å²) in [4.78, 5) is 11.9. The van der Waals surface area contributed by atoms with Crippen molar-refractivity contribution in [3.05, 3.63) is 35.4 Å². The molecule has 0 bridgehead atoms. The lowest BCUT2D eigenvalue weighted by molar-refractivity contribution is 0.102. The van der Waals surface area contributed by atoms with Crippen LogP contribution >= 0.6 is 0 Å². The molecule has 1 rings (SSSR count). The molecule has 0 saturated carbocycles. The summed E-state index contributed by atoms with van der Waals surface area (Å²) in [6.45, 7) is 7.31. The van der Waals surface area contributed by atoms with E-state index in [0.717, 1.165) is 5.56 Å². The van der Waals surface area contributed by atoms with Gasteiger partial charge in [-0.05, 0) is 25.3 Å². The van der Waals surface area contributed by atoms with Gasteiger partial charge in [-0.15, -0.1) is 0 Å². The maximum absolute atomic E-state index is 11.9. The van der Waals surface area contributed by atoms with E-state index in [-0.39, 0.29) is 5.78 Å². The molecule has 18 heavy (non-hydrogen) atoms. The topological polar surface area (TPSA) is 51.2 Å². The van der Waals surface area contributed by atoms with Crippen LogP contribution in [0.25, 0.3) is 0 Å². The minimum Gasteiger partial charge on any atom is -0.293 e. The molecule has 1 aromatic carbocycles. The Kier molecular flexibility index (Phi) is 4.68. The van der Waals surface area contributed by atoms with Crippen LogP contribution in [0.2, 0.25) is 0 Å². The number of Topliss-reactive ketones (excluding diaryl/α,β-unsaturated/α-hetero) is 1. The molecule has 0 radical (unpaired) electrons. The number of benzene rings is 1. The van der Waals surface area contributed by atoms with Crippen LogP contribution in [0.4, 0.5) is 0 Å². The summed E-state index contributed by atoms with van der Waals surface area (Å²) in [7, 11) is -3.32. The molecule has 3 nitrogen and oxygen atoms in total. The number of carbonyl (C=O) groups excluding carboxylic acids is 1. The van der Waals surface area contributed by atoms with Crippen molar-refractivity contribution in [3.63, 3.8) is 0 Å². The molecule has 0 aliphatic rings. The molecular formula is C14H20O3S. The van der Waals surface area contributed by atoms with Crippen LogP contribution in [0.1, 0.15) is 49.5 Å². The number of hydrogen-bond donors (Lipinski definition) is 0. The molecule has 0 heterocycles. The van der Waals surface area contributed by atoms with Crippen LogP contribution < -0.4 is 0 Å². The van der Waals surface area contributed by atoms with Gasteiger partial charge in [0.25, 0.3) is 0 Å². The molecule has 0 spiro atoms. The fourth-order valence-corrected chi connectivity index (χ4v) is 2.35. The molecule has 100 valence electrons. The Balaban J connectivity index is 2.86. The SMILES string of the molecule is CC(C)c1ccc(C(=O)CS(=O)(=O)C(C)C)cc1. The van der Waals surface area contributed by atoms with Crippen LogP contribution in [0, 0.1) is 0 Å². The fraction of sp³-hybridized carbons (Fsp3) is 0.500. The average molecular weight is 268 g/mol. The number of carbonyl (C=O) groups is 1. The van der Waals surface area contributed by atoms with Crippen molar-refractivity contribution in [1.29, 1.82) is 0 Å². The zero-order valence-electron chi connectivity index (χ0n) is 11.3. The standard InChI is InChI=1S/C14H20O3S/c1-10(2)12-5-7-13(8-6-12)14(15)9-18(16,17)11(3)4/h5-8,10-11H,9H2,1-4H3. The maximum atomic E-state index is 11.9. The van der Waals surface area contributed by atoms with Crippen molar-refractivity contribution in [3.8, 4) is 0 Å². The van der Waals surface area contributed by atoms with Gasteiger partial charge < -0.3 is 0 Å². The molecule has 0 N–H and O–H groups in total. The molecule has 0 aromatic heterocycles. The van der Waals surface area contributed by atoms with Crippen molar-refractivity contribution < 1.29 is 13.2 Å². The Bertz CT molecular complexity index is 510. The predicted molar refractivity (Wildman–Crippen MR) is 73.8 cm³/mol. The van der Waals surface area contributed by atoms with E-state index in [1.807, 2.05) is 12.1 Å². The van der Waals surface area contributed by atoms with Gasteiger partial charge in [-0.25, -0.2) is 8.42 Å². The third-order valence-electron chi connectivity index (χ3n) is 2.95. The molecule has 0 amide bonds. The molecule has 0 unspecified atom stereocenters. The number of sulfone groups is 1. The van der Waals surface area contributed by atoms with E-state index in [2.05, 4.69) is 13.8 Å². The van der Waals surface area contributed by atoms with Crippen molar-refractivity contribution >= 4 is 15.6 Å². The van der Waals surface area contributed by atoms with E-state index in [1.54, 1.807) is 26.0 Å². The summed E-state index contributed by atoms with van der Waals surface area (Å²) in [5, 5.41) is -0.517. The normalized spacial score (nSPS) is 12.1. The molecule has 0 saturated heterocycles. The smallest absolute Gasteiger partial charge is 0.177 e. The molecule has 0 fully saturated rings. The first kappa shape index (κ1) is 14.9. The van der Waals surface area contributed by atoms with Gasteiger partial charge in [0.05, 0.1) is 5.25 Å². The van der Waals surface area contributed by atoms with Gasteiger partial charge in [0.2, 0.25) is 0 Å². The van der Waals surface area contributed by atoms with E-state index < -0.39 is 20.8 Å². The Labute approximate surface area is 109 Å². The lowest BCUT2D eigenvalue weighted by atomic mass is 10.0. The summed E-state index contributed by atoms with van der Waals surface area (Å²) in [5.74, 6) is -0.348. The lowest BCUT2D eigenvalue weighted by Crippen LogP contribution is -2.23. The third kappa shape index (κ3) is 3.67.